The number of halogens is 3. The molecule has 1 aromatic heterocycles. The summed E-state index contributed by atoms with van der Waals surface area (Å²) in [5.74, 6) is -0.417. The highest BCUT2D eigenvalue weighted by Crippen LogP contribution is 2.26. The first-order valence-electron chi connectivity index (χ1n) is 6.18. The van der Waals surface area contributed by atoms with Crippen molar-refractivity contribution in [2.45, 2.75) is 6.61 Å². The number of ether oxygens (including phenoxy) is 1. The number of carbonyl (C=O) groups is 1. The third kappa shape index (κ3) is 4.92. The Bertz CT molecular complexity index is 678. The van der Waals surface area contributed by atoms with E-state index >= 15 is 0 Å². The topological polar surface area (TPSA) is 51.2 Å². The van der Waals surface area contributed by atoms with Gasteiger partial charge >= 0.3 is 6.61 Å². The summed E-state index contributed by atoms with van der Waals surface area (Å²) in [4.78, 5) is 15.6. The van der Waals surface area contributed by atoms with Crippen LogP contribution in [-0.4, -0.2) is 17.5 Å². The zero-order valence-corrected chi connectivity index (χ0v) is 12.8. The lowest BCUT2D eigenvalue weighted by Gasteiger charge is -2.08. The van der Waals surface area contributed by atoms with Gasteiger partial charge in [0, 0.05) is 22.3 Å². The van der Waals surface area contributed by atoms with Crippen LogP contribution in [0.25, 0.3) is 6.08 Å². The van der Waals surface area contributed by atoms with Gasteiger partial charge in [0.05, 0.1) is 11.9 Å². The lowest BCUT2D eigenvalue weighted by molar-refractivity contribution is -0.111. The molecule has 7 heteroatoms. The summed E-state index contributed by atoms with van der Waals surface area (Å²) in [6, 6.07) is 7.91. The number of hydrogen-bond donors (Lipinski definition) is 1. The zero-order chi connectivity index (χ0) is 15.9. The van der Waals surface area contributed by atoms with Crippen molar-refractivity contribution < 1.29 is 18.3 Å². The number of pyridine rings is 1. The first kappa shape index (κ1) is 16.1. The van der Waals surface area contributed by atoms with Gasteiger partial charge in [0.25, 0.3) is 0 Å². The second-order valence-electron chi connectivity index (χ2n) is 4.12. The van der Waals surface area contributed by atoms with Crippen LogP contribution in [0, 0.1) is 0 Å². The lowest BCUT2D eigenvalue weighted by atomic mass is 10.2. The number of amides is 1. The summed E-state index contributed by atoms with van der Waals surface area (Å²) in [5, 5.41) is 2.60. The molecule has 0 aliphatic carbocycles. The lowest BCUT2D eigenvalue weighted by Crippen LogP contribution is -2.08. The van der Waals surface area contributed by atoms with Crippen molar-refractivity contribution in [3.63, 3.8) is 0 Å². The van der Waals surface area contributed by atoms with Gasteiger partial charge in [0.1, 0.15) is 5.75 Å². The molecule has 0 aliphatic heterocycles. The summed E-state index contributed by atoms with van der Waals surface area (Å²) < 4.78 is 29.8. The van der Waals surface area contributed by atoms with Crippen LogP contribution in [0.15, 0.2) is 53.3 Å². The van der Waals surface area contributed by atoms with Gasteiger partial charge in [-0.3, -0.25) is 9.78 Å². The molecule has 0 spiro atoms. The molecule has 0 atom stereocenters. The molecule has 0 fully saturated rings. The number of nitrogens with one attached hydrogen (secondary N) is 1. The van der Waals surface area contributed by atoms with E-state index in [-0.39, 0.29) is 5.75 Å². The minimum absolute atomic E-state index is 0.0105. The number of alkyl halides is 2. The Morgan fingerprint density at radius 2 is 2.18 bits per heavy atom. The van der Waals surface area contributed by atoms with Gasteiger partial charge in [-0.05, 0) is 36.4 Å². The molecule has 0 radical (unpaired) electrons. The number of rotatable bonds is 5. The molecular weight excluding hydrogens is 358 g/mol. The van der Waals surface area contributed by atoms with E-state index < -0.39 is 12.5 Å². The van der Waals surface area contributed by atoms with Crippen LogP contribution in [-0.2, 0) is 4.79 Å². The monoisotopic (exact) mass is 368 g/mol. The minimum atomic E-state index is -2.93. The Kier molecular flexibility index (Phi) is 5.60. The second-order valence-corrected chi connectivity index (χ2v) is 5.04. The summed E-state index contributed by atoms with van der Waals surface area (Å²) in [6.07, 6.45) is 5.71. The fraction of sp³-hybridized carbons (Fsp3) is 0.0667. The fourth-order valence-corrected chi connectivity index (χ4v) is 2.02. The molecule has 1 amide bonds. The quantitative estimate of drug-likeness (QED) is 0.808. The van der Waals surface area contributed by atoms with Gasteiger partial charge in [-0.25, -0.2) is 0 Å². The SMILES string of the molecule is O=C(C=Cc1cc(Br)ccc1OC(F)F)Nc1cccnc1. The first-order valence-corrected chi connectivity index (χ1v) is 6.97. The van der Waals surface area contributed by atoms with E-state index in [9.17, 15) is 13.6 Å². The second kappa shape index (κ2) is 7.65. The Labute approximate surface area is 134 Å². The molecule has 1 aromatic carbocycles. The molecule has 22 heavy (non-hydrogen) atoms. The third-order valence-corrected chi connectivity index (χ3v) is 3.02. The molecule has 0 aliphatic rings. The molecule has 1 heterocycles. The number of carbonyl (C=O) groups excluding carboxylic acids is 1. The number of nitrogens with zero attached hydrogens (tertiary/aromatic N) is 1. The maximum atomic E-state index is 12.3. The highest BCUT2D eigenvalue weighted by Gasteiger charge is 2.08. The zero-order valence-electron chi connectivity index (χ0n) is 11.2. The molecule has 2 aromatic rings. The Balaban J connectivity index is 2.11. The summed E-state index contributed by atoms with van der Waals surface area (Å²) in [7, 11) is 0. The Morgan fingerprint density at radius 3 is 2.86 bits per heavy atom. The van der Waals surface area contributed by atoms with E-state index in [1.54, 1.807) is 30.5 Å². The van der Waals surface area contributed by atoms with E-state index in [4.69, 9.17) is 0 Å². The molecule has 1 N–H and O–H groups in total. The molecule has 0 bridgehead atoms. The highest BCUT2D eigenvalue weighted by molar-refractivity contribution is 9.10. The van der Waals surface area contributed by atoms with Crippen LogP contribution in [0.3, 0.4) is 0 Å². The normalized spacial score (nSPS) is 10.9. The van der Waals surface area contributed by atoms with E-state index in [1.807, 2.05) is 0 Å². The van der Waals surface area contributed by atoms with Gasteiger partial charge in [-0.15, -0.1) is 0 Å². The maximum absolute atomic E-state index is 12.3. The average molecular weight is 369 g/mol. The van der Waals surface area contributed by atoms with Gasteiger partial charge in [-0.1, -0.05) is 15.9 Å². The maximum Gasteiger partial charge on any atom is 0.387 e. The molecular formula is C15H11BrF2N2O2. The number of hydrogen-bond acceptors (Lipinski definition) is 3. The van der Waals surface area contributed by atoms with Crippen molar-refractivity contribution in [2.75, 3.05) is 5.32 Å². The summed E-state index contributed by atoms with van der Waals surface area (Å²) >= 11 is 3.24. The van der Waals surface area contributed by atoms with Gasteiger partial charge in [0.15, 0.2) is 0 Å². The third-order valence-electron chi connectivity index (χ3n) is 2.53. The van der Waals surface area contributed by atoms with Gasteiger partial charge in [0.2, 0.25) is 5.91 Å². The molecule has 0 saturated heterocycles. The standard InChI is InChI=1S/C15H11BrF2N2O2/c16-11-4-5-13(22-15(17)18)10(8-11)3-6-14(21)20-12-2-1-7-19-9-12/h1-9,15H,(H,20,21). The smallest absolute Gasteiger partial charge is 0.387 e. The van der Waals surface area contributed by atoms with Crippen molar-refractivity contribution in [3.8, 4) is 5.75 Å². The van der Waals surface area contributed by atoms with Crippen LogP contribution in [0.4, 0.5) is 14.5 Å². The van der Waals surface area contributed by atoms with Gasteiger partial charge < -0.3 is 10.1 Å². The van der Waals surface area contributed by atoms with Crippen molar-refractivity contribution in [1.29, 1.82) is 0 Å². The van der Waals surface area contributed by atoms with Gasteiger partial charge in [-0.2, -0.15) is 8.78 Å². The number of benzene rings is 1. The minimum Gasteiger partial charge on any atom is -0.434 e. The van der Waals surface area contributed by atoms with Crippen molar-refractivity contribution in [3.05, 3.63) is 58.8 Å². The molecule has 114 valence electrons. The molecule has 4 nitrogen and oxygen atoms in total. The predicted octanol–water partition coefficient (Wildman–Crippen LogP) is 4.10. The average Bonchev–Trinajstić information content (AvgIpc) is 2.48. The van der Waals surface area contributed by atoms with E-state index in [2.05, 4.69) is 31.0 Å². The summed E-state index contributed by atoms with van der Waals surface area (Å²) in [5.41, 5.74) is 0.895. The largest absolute Gasteiger partial charge is 0.434 e. The van der Waals surface area contributed by atoms with E-state index in [0.29, 0.717) is 15.7 Å². The van der Waals surface area contributed by atoms with Crippen molar-refractivity contribution in [1.82, 2.24) is 4.98 Å². The summed E-state index contributed by atoms with van der Waals surface area (Å²) in [6.45, 7) is -2.93. The number of aromatic nitrogens is 1. The van der Waals surface area contributed by atoms with E-state index in [0.717, 1.165) is 0 Å². The molecule has 0 unspecified atom stereocenters. The Hall–Kier alpha value is -2.28. The fourth-order valence-electron chi connectivity index (χ4n) is 1.64. The van der Waals surface area contributed by atoms with Crippen LogP contribution >= 0.6 is 15.9 Å². The predicted molar refractivity (Wildman–Crippen MR) is 82.7 cm³/mol. The van der Waals surface area contributed by atoms with Crippen LogP contribution in [0.2, 0.25) is 0 Å². The van der Waals surface area contributed by atoms with Crippen LogP contribution < -0.4 is 10.1 Å². The molecule has 0 saturated carbocycles. The van der Waals surface area contributed by atoms with Crippen molar-refractivity contribution >= 4 is 33.6 Å². The van der Waals surface area contributed by atoms with E-state index in [1.165, 1.54) is 24.4 Å². The van der Waals surface area contributed by atoms with Crippen LogP contribution in [0.5, 0.6) is 5.75 Å². The van der Waals surface area contributed by atoms with Crippen LogP contribution in [0.1, 0.15) is 5.56 Å². The van der Waals surface area contributed by atoms with Crippen molar-refractivity contribution in [2.24, 2.45) is 0 Å². The number of anilines is 1. The first-order chi connectivity index (χ1) is 10.5. The Morgan fingerprint density at radius 1 is 1.36 bits per heavy atom. The molecule has 2 rings (SSSR count). The highest BCUT2D eigenvalue weighted by atomic mass is 79.9.